The Morgan fingerprint density at radius 2 is 1.95 bits per heavy atom. The summed E-state index contributed by atoms with van der Waals surface area (Å²) in [5.74, 6) is 0.371. The van der Waals surface area contributed by atoms with Gasteiger partial charge in [0, 0.05) is 19.8 Å². The highest BCUT2D eigenvalue weighted by atomic mass is 16.2. The zero-order chi connectivity index (χ0) is 14.0. The number of unbranched alkanes of at least 4 members (excludes halogenated alkanes) is 1. The van der Waals surface area contributed by atoms with Crippen LogP contribution in [-0.4, -0.2) is 19.1 Å². The molecule has 2 aliphatic rings. The molecule has 2 heterocycles. The molecular weight excluding hydrogens is 244 g/mol. The van der Waals surface area contributed by atoms with Gasteiger partial charge in [0.2, 0.25) is 0 Å². The van der Waals surface area contributed by atoms with Crippen molar-refractivity contribution in [3.8, 4) is 11.5 Å². The quantitative estimate of drug-likeness (QED) is 0.817. The Hall–Kier alpha value is -1.98. The first-order valence-electron chi connectivity index (χ1n) is 6.55. The number of aryl methyl sites for hydroxylation is 2. The van der Waals surface area contributed by atoms with Gasteiger partial charge in [-0.2, -0.15) is 4.98 Å². The molecule has 0 unspecified atom stereocenters. The topological polar surface area (TPSA) is 69.8 Å². The van der Waals surface area contributed by atoms with E-state index in [9.17, 15) is 9.59 Å². The van der Waals surface area contributed by atoms with Crippen LogP contribution in [0.5, 0.6) is 0 Å². The van der Waals surface area contributed by atoms with Gasteiger partial charge in [-0.3, -0.25) is 9.36 Å². The summed E-state index contributed by atoms with van der Waals surface area (Å²) in [6.07, 6.45) is 4.80. The maximum atomic E-state index is 12.1. The number of hydrogen-bond acceptors (Lipinski definition) is 4. The number of fused-ring (bicyclic) bond motifs is 1. The molecule has 0 saturated carbocycles. The van der Waals surface area contributed by atoms with Gasteiger partial charge in [-0.1, -0.05) is 13.3 Å². The zero-order valence-electron chi connectivity index (χ0n) is 11.5. The molecule has 0 spiro atoms. The van der Waals surface area contributed by atoms with Crippen LogP contribution in [0, 0.1) is 0 Å². The molecule has 0 atom stereocenters. The summed E-state index contributed by atoms with van der Waals surface area (Å²) in [4.78, 5) is 32.0. The lowest BCUT2D eigenvalue weighted by atomic mass is 10.2. The minimum absolute atomic E-state index is 0.276. The molecule has 0 aromatic carbocycles. The first-order chi connectivity index (χ1) is 9.08. The third kappa shape index (κ3) is 2.43. The zero-order valence-corrected chi connectivity index (χ0v) is 11.5. The summed E-state index contributed by atoms with van der Waals surface area (Å²) in [6.45, 7) is 4.71. The lowest BCUT2D eigenvalue weighted by Gasteiger charge is -2.14. The highest BCUT2D eigenvalue weighted by molar-refractivity contribution is 5.49. The maximum Gasteiger partial charge on any atom is 0.352 e. The average molecular weight is 262 g/mol. The second-order valence-electron chi connectivity index (χ2n) is 4.55. The molecule has 0 N–H and O–H groups in total. The minimum atomic E-state index is -0.539. The SMILES string of the molecule is CCCCc1cn(CC)c2nc(=O)n(C)c(=O)c-2n1. The van der Waals surface area contributed by atoms with E-state index in [1.165, 1.54) is 7.05 Å². The summed E-state index contributed by atoms with van der Waals surface area (Å²) >= 11 is 0. The van der Waals surface area contributed by atoms with Crippen LogP contribution in [0.2, 0.25) is 0 Å². The summed E-state index contributed by atoms with van der Waals surface area (Å²) in [5.41, 5.74) is 0.227. The molecule has 19 heavy (non-hydrogen) atoms. The van der Waals surface area contributed by atoms with E-state index in [0.717, 1.165) is 29.5 Å². The molecule has 2 aliphatic heterocycles. The molecule has 0 radical (unpaired) electrons. The molecule has 6 heteroatoms. The summed E-state index contributed by atoms with van der Waals surface area (Å²) < 4.78 is 2.81. The molecule has 0 aromatic rings. The molecule has 6 nitrogen and oxygen atoms in total. The van der Waals surface area contributed by atoms with Crippen molar-refractivity contribution in [2.45, 2.75) is 39.7 Å². The van der Waals surface area contributed by atoms with Crippen LogP contribution >= 0.6 is 0 Å². The number of nitrogens with zero attached hydrogens (tertiary/aromatic N) is 4. The van der Waals surface area contributed by atoms with Crippen LogP contribution in [0.1, 0.15) is 32.4 Å². The van der Waals surface area contributed by atoms with Crippen LogP contribution in [0.15, 0.2) is 15.8 Å². The molecule has 2 rings (SSSR count). The predicted octanol–water partition coefficient (Wildman–Crippen LogP) is 0.804. The fourth-order valence-corrected chi connectivity index (χ4v) is 1.99. The highest BCUT2D eigenvalue weighted by Crippen LogP contribution is 2.13. The fourth-order valence-electron chi connectivity index (χ4n) is 1.99. The molecule has 0 amide bonds. The van der Waals surface area contributed by atoms with E-state index in [-0.39, 0.29) is 11.3 Å². The van der Waals surface area contributed by atoms with Gasteiger partial charge in [0.25, 0.3) is 5.56 Å². The van der Waals surface area contributed by atoms with Crippen LogP contribution in [0.4, 0.5) is 0 Å². The van der Waals surface area contributed by atoms with Crippen LogP contribution < -0.4 is 11.2 Å². The molecule has 0 fully saturated rings. The van der Waals surface area contributed by atoms with Crippen molar-refractivity contribution in [2.24, 2.45) is 7.05 Å². The van der Waals surface area contributed by atoms with Gasteiger partial charge in [0.15, 0.2) is 11.5 Å². The Morgan fingerprint density at radius 3 is 2.58 bits per heavy atom. The highest BCUT2D eigenvalue weighted by Gasteiger charge is 2.18. The molecule has 0 aliphatic carbocycles. The summed E-state index contributed by atoms with van der Waals surface area (Å²) in [5, 5.41) is 0. The van der Waals surface area contributed by atoms with Crippen molar-refractivity contribution >= 4 is 0 Å². The number of hydrogen-bond donors (Lipinski definition) is 0. The molecule has 0 aromatic heterocycles. The second-order valence-corrected chi connectivity index (χ2v) is 4.55. The third-order valence-electron chi connectivity index (χ3n) is 3.17. The summed E-state index contributed by atoms with van der Waals surface area (Å²) in [7, 11) is 1.42. The lowest BCUT2D eigenvalue weighted by molar-refractivity contribution is 0.675. The second kappa shape index (κ2) is 5.34. The minimum Gasteiger partial charge on any atom is -0.329 e. The van der Waals surface area contributed by atoms with E-state index in [1.807, 2.05) is 17.7 Å². The largest absolute Gasteiger partial charge is 0.352 e. The van der Waals surface area contributed by atoms with Gasteiger partial charge in [-0.05, 0) is 19.8 Å². The van der Waals surface area contributed by atoms with Gasteiger partial charge in [0.05, 0.1) is 5.69 Å². The van der Waals surface area contributed by atoms with Gasteiger partial charge < -0.3 is 4.57 Å². The van der Waals surface area contributed by atoms with Crippen molar-refractivity contribution in [1.29, 1.82) is 0 Å². The van der Waals surface area contributed by atoms with E-state index in [4.69, 9.17) is 0 Å². The Labute approximate surface area is 111 Å². The first kappa shape index (κ1) is 13.5. The smallest absolute Gasteiger partial charge is 0.329 e. The van der Waals surface area contributed by atoms with E-state index < -0.39 is 5.69 Å². The summed E-state index contributed by atoms with van der Waals surface area (Å²) in [6, 6.07) is 0. The predicted molar refractivity (Wildman–Crippen MR) is 72.4 cm³/mol. The Morgan fingerprint density at radius 1 is 1.21 bits per heavy atom. The van der Waals surface area contributed by atoms with E-state index >= 15 is 0 Å². The first-order valence-corrected chi connectivity index (χ1v) is 6.55. The Kier molecular flexibility index (Phi) is 3.78. The number of aromatic nitrogens is 4. The normalized spacial score (nSPS) is 11.1. The van der Waals surface area contributed by atoms with Gasteiger partial charge in [-0.25, -0.2) is 9.78 Å². The van der Waals surface area contributed by atoms with Crippen LogP contribution in [0.3, 0.4) is 0 Å². The van der Waals surface area contributed by atoms with E-state index in [0.29, 0.717) is 12.4 Å². The van der Waals surface area contributed by atoms with Crippen molar-refractivity contribution in [3.05, 3.63) is 32.7 Å². The Bertz CT molecular complexity index is 672. The molecular formula is C13H18N4O2. The van der Waals surface area contributed by atoms with Crippen molar-refractivity contribution in [1.82, 2.24) is 19.1 Å². The molecule has 0 bridgehead atoms. The van der Waals surface area contributed by atoms with Crippen molar-refractivity contribution < 1.29 is 0 Å². The standard InChI is InChI=1S/C13H18N4O2/c1-4-6-7-9-8-17(5-2)11-10(14-9)12(18)16(3)13(19)15-11/h8H,4-7H2,1-3H3. The molecule has 0 saturated heterocycles. The monoisotopic (exact) mass is 262 g/mol. The average Bonchev–Trinajstić information content (AvgIpc) is 2.42. The third-order valence-corrected chi connectivity index (χ3v) is 3.17. The van der Waals surface area contributed by atoms with Gasteiger partial charge >= 0.3 is 5.69 Å². The van der Waals surface area contributed by atoms with E-state index in [2.05, 4.69) is 16.9 Å². The van der Waals surface area contributed by atoms with E-state index in [1.54, 1.807) is 0 Å². The van der Waals surface area contributed by atoms with Crippen molar-refractivity contribution in [2.75, 3.05) is 0 Å². The van der Waals surface area contributed by atoms with Crippen molar-refractivity contribution in [3.63, 3.8) is 0 Å². The Balaban J connectivity index is 2.70. The number of rotatable bonds is 4. The lowest BCUT2D eigenvalue weighted by Crippen LogP contribution is -2.36. The fraction of sp³-hybridized carbons (Fsp3) is 0.538. The van der Waals surface area contributed by atoms with Gasteiger partial charge in [-0.15, -0.1) is 0 Å². The van der Waals surface area contributed by atoms with Crippen LogP contribution in [-0.2, 0) is 20.0 Å². The van der Waals surface area contributed by atoms with Crippen LogP contribution in [0.25, 0.3) is 11.5 Å². The van der Waals surface area contributed by atoms with Gasteiger partial charge in [0.1, 0.15) is 0 Å². The maximum absolute atomic E-state index is 12.1. The molecule has 102 valence electrons.